The summed E-state index contributed by atoms with van der Waals surface area (Å²) in [7, 11) is 1.54. The highest BCUT2D eigenvalue weighted by molar-refractivity contribution is 6.31. The van der Waals surface area contributed by atoms with Crippen LogP contribution in [-0.2, 0) is 15.0 Å². The van der Waals surface area contributed by atoms with Gasteiger partial charge in [-0.15, -0.1) is 0 Å². The summed E-state index contributed by atoms with van der Waals surface area (Å²) in [6, 6.07) is 5.95. The first-order chi connectivity index (χ1) is 16.1. The Morgan fingerprint density at radius 3 is 2.56 bits per heavy atom. The molecule has 1 saturated heterocycles. The monoisotopic (exact) mass is 504 g/mol. The van der Waals surface area contributed by atoms with Gasteiger partial charge in [0.05, 0.1) is 6.04 Å². The van der Waals surface area contributed by atoms with Gasteiger partial charge in [-0.3, -0.25) is 14.9 Å². The number of nitrogens with zero attached hydrogens (tertiary/aromatic N) is 1. The molecule has 1 aromatic heterocycles. The standard InChI is InChI=1S/C25H27Cl2FN4O2/c1-23(2)7-9-24(10-8-23)25(15-5-4-13(26)12-16(15)31-22(25)34)17(19(32-24)21(33)29-3)14-6-11-30-20(27)18(14)28/h4-6,11-12,17,19,32H,7-10H2,1-3H3,(H,29,33)(H,31,34)/t17-,19+,25+/m0/s1. The van der Waals surface area contributed by atoms with E-state index in [0.717, 1.165) is 18.4 Å². The molecular weight excluding hydrogens is 478 g/mol. The van der Waals surface area contributed by atoms with Crippen LogP contribution in [0.15, 0.2) is 30.5 Å². The quantitative estimate of drug-likeness (QED) is 0.523. The van der Waals surface area contributed by atoms with E-state index in [1.54, 1.807) is 19.2 Å². The first-order valence-corrected chi connectivity index (χ1v) is 12.2. The third-order valence-electron chi connectivity index (χ3n) is 8.20. The fourth-order valence-corrected chi connectivity index (χ4v) is 6.82. The van der Waals surface area contributed by atoms with E-state index in [9.17, 15) is 9.59 Å². The second kappa shape index (κ2) is 7.90. The summed E-state index contributed by atoms with van der Waals surface area (Å²) in [4.78, 5) is 31.3. The number of aromatic nitrogens is 1. The number of carbonyl (C=O) groups excluding carboxylic acids is 2. The third-order valence-corrected chi connectivity index (χ3v) is 8.70. The van der Waals surface area contributed by atoms with E-state index in [1.165, 1.54) is 12.3 Å². The number of pyridine rings is 1. The maximum Gasteiger partial charge on any atom is 0.237 e. The molecule has 2 fully saturated rings. The predicted molar refractivity (Wildman–Crippen MR) is 130 cm³/mol. The normalized spacial score (nSPS) is 28.7. The van der Waals surface area contributed by atoms with Gasteiger partial charge < -0.3 is 10.6 Å². The van der Waals surface area contributed by atoms with E-state index in [0.29, 0.717) is 23.6 Å². The maximum absolute atomic E-state index is 15.6. The van der Waals surface area contributed by atoms with Gasteiger partial charge >= 0.3 is 0 Å². The molecule has 34 heavy (non-hydrogen) atoms. The number of hydrogen-bond donors (Lipinski definition) is 3. The number of anilines is 1. The zero-order valence-corrected chi connectivity index (χ0v) is 20.8. The highest BCUT2D eigenvalue weighted by Crippen LogP contribution is 2.63. The van der Waals surface area contributed by atoms with Crippen LogP contribution in [-0.4, -0.2) is 35.4 Å². The van der Waals surface area contributed by atoms with Crippen LogP contribution in [0, 0.1) is 11.2 Å². The molecule has 3 N–H and O–H groups in total. The predicted octanol–water partition coefficient (Wildman–Crippen LogP) is 4.56. The molecule has 6 nitrogen and oxygen atoms in total. The van der Waals surface area contributed by atoms with Crippen LogP contribution in [0.5, 0.6) is 0 Å². The van der Waals surface area contributed by atoms with Crippen molar-refractivity contribution in [2.24, 2.45) is 5.41 Å². The fraction of sp³-hybridized carbons (Fsp3) is 0.480. The number of likely N-dealkylation sites (N-methyl/N-ethyl adjacent to an activating group) is 1. The second-order valence-corrected chi connectivity index (χ2v) is 11.2. The maximum atomic E-state index is 15.6. The molecule has 0 bridgehead atoms. The number of nitrogens with one attached hydrogen (secondary N) is 3. The van der Waals surface area contributed by atoms with E-state index < -0.39 is 28.7 Å². The zero-order chi connectivity index (χ0) is 24.5. The van der Waals surface area contributed by atoms with Gasteiger partial charge in [-0.1, -0.05) is 43.1 Å². The van der Waals surface area contributed by atoms with E-state index in [4.69, 9.17) is 23.2 Å². The minimum Gasteiger partial charge on any atom is -0.358 e. The number of hydrogen-bond acceptors (Lipinski definition) is 4. The SMILES string of the molecule is CNC(=O)[C@@H]1NC2(CCC(C)(C)CC2)[C@@]2(C(=O)Nc3cc(Cl)ccc32)[C@H]1c1ccnc(Cl)c1F. The summed E-state index contributed by atoms with van der Waals surface area (Å²) in [5.74, 6) is -2.14. The van der Waals surface area contributed by atoms with Crippen LogP contribution in [0.3, 0.4) is 0 Å². The van der Waals surface area contributed by atoms with Gasteiger partial charge in [0.1, 0.15) is 5.41 Å². The molecule has 180 valence electrons. The summed E-state index contributed by atoms with van der Waals surface area (Å²) in [6.45, 7) is 4.42. The minimum absolute atomic E-state index is 0.0951. The van der Waals surface area contributed by atoms with Gasteiger partial charge in [0.2, 0.25) is 11.8 Å². The summed E-state index contributed by atoms with van der Waals surface area (Å²) in [5, 5.41) is 9.49. The lowest BCUT2D eigenvalue weighted by Gasteiger charge is -2.50. The van der Waals surface area contributed by atoms with Crippen LogP contribution in [0.25, 0.3) is 0 Å². The Labute approximate surface area is 208 Å². The Morgan fingerprint density at radius 2 is 1.88 bits per heavy atom. The zero-order valence-electron chi connectivity index (χ0n) is 19.3. The highest BCUT2D eigenvalue weighted by atomic mass is 35.5. The van der Waals surface area contributed by atoms with Crippen molar-refractivity contribution in [1.29, 1.82) is 0 Å². The lowest BCUT2D eigenvalue weighted by atomic mass is 9.53. The molecule has 3 aliphatic rings. The van der Waals surface area contributed by atoms with Gasteiger partial charge in [0, 0.05) is 35.4 Å². The average Bonchev–Trinajstić information content (AvgIpc) is 3.25. The van der Waals surface area contributed by atoms with Crippen molar-refractivity contribution in [1.82, 2.24) is 15.6 Å². The molecule has 2 amide bonds. The number of benzene rings is 1. The Kier molecular flexibility index (Phi) is 5.47. The van der Waals surface area contributed by atoms with Gasteiger partial charge in [0.15, 0.2) is 11.0 Å². The van der Waals surface area contributed by atoms with Crippen molar-refractivity contribution >= 4 is 40.7 Å². The van der Waals surface area contributed by atoms with Crippen molar-refractivity contribution in [3.05, 3.63) is 57.6 Å². The van der Waals surface area contributed by atoms with Crippen LogP contribution < -0.4 is 16.0 Å². The Balaban J connectivity index is 1.83. The number of rotatable bonds is 2. The summed E-state index contributed by atoms with van der Waals surface area (Å²) < 4.78 is 15.6. The first kappa shape index (κ1) is 23.5. The van der Waals surface area contributed by atoms with Crippen LogP contribution in [0.2, 0.25) is 10.2 Å². The van der Waals surface area contributed by atoms with Gasteiger partial charge in [0.25, 0.3) is 0 Å². The van der Waals surface area contributed by atoms with Crippen molar-refractivity contribution < 1.29 is 14.0 Å². The summed E-state index contributed by atoms with van der Waals surface area (Å²) >= 11 is 12.4. The molecule has 2 spiro atoms. The topological polar surface area (TPSA) is 83.1 Å². The molecule has 9 heteroatoms. The Bertz CT molecular complexity index is 1190. The van der Waals surface area contributed by atoms with Crippen LogP contribution in [0.1, 0.15) is 56.6 Å². The molecule has 5 rings (SSSR count). The summed E-state index contributed by atoms with van der Waals surface area (Å²) in [6.07, 6.45) is 4.43. The molecule has 1 saturated carbocycles. The van der Waals surface area contributed by atoms with E-state index >= 15 is 4.39 Å². The van der Waals surface area contributed by atoms with Crippen LogP contribution >= 0.6 is 23.2 Å². The first-order valence-electron chi connectivity index (χ1n) is 11.5. The number of fused-ring (bicyclic) bond motifs is 3. The molecular formula is C25H27Cl2FN4O2. The largest absolute Gasteiger partial charge is 0.358 e. The van der Waals surface area contributed by atoms with Gasteiger partial charge in [-0.2, -0.15) is 0 Å². The average molecular weight is 505 g/mol. The lowest BCUT2D eigenvalue weighted by molar-refractivity contribution is -0.124. The Hall–Kier alpha value is -2.22. The van der Waals surface area contributed by atoms with Crippen LogP contribution in [0.4, 0.5) is 10.1 Å². The molecule has 1 aromatic carbocycles. The van der Waals surface area contributed by atoms with Crippen molar-refractivity contribution in [2.45, 2.75) is 62.4 Å². The fourth-order valence-electron chi connectivity index (χ4n) is 6.48. The van der Waals surface area contributed by atoms with Crippen molar-refractivity contribution in [2.75, 3.05) is 12.4 Å². The number of amides is 2. The lowest BCUT2D eigenvalue weighted by Crippen LogP contribution is -2.61. The molecule has 0 radical (unpaired) electrons. The minimum atomic E-state index is -1.24. The number of carbonyl (C=O) groups is 2. The van der Waals surface area contributed by atoms with Crippen molar-refractivity contribution in [3.63, 3.8) is 0 Å². The van der Waals surface area contributed by atoms with E-state index in [-0.39, 0.29) is 27.9 Å². The Morgan fingerprint density at radius 1 is 1.18 bits per heavy atom. The molecule has 3 atom stereocenters. The van der Waals surface area contributed by atoms with Crippen molar-refractivity contribution in [3.8, 4) is 0 Å². The second-order valence-electron chi connectivity index (χ2n) is 10.4. The molecule has 0 unspecified atom stereocenters. The molecule has 2 aliphatic heterocycles. The molecule has 3 heterocycles. The van der Waals surface area contributed by atoms with Gasteiger partial charge in [-0.05, 0) is 60.4 Å². The third kappa shape index (κ3) is 3.13. The number of halogens is 3. The van der Waals surface area contributed by atoms with E-state index in [1.807, 2.05) is 6.07 Å². The molecule has 1 aliphatic carbocycles. The smallest absolute Gasteiger partial charge is 0.237 e. The molecule has 2 aromatic rings. The van der Waals surface area contributed by atoms with Gasteiger partial charge in [-0.25, -0.2) is 9.37 Å². The summed E-state index contributed by atoms with van der Waals surface area (Å²) in [5.41, 5.74) is -0.412. The highest BCUT2D eigenvalue weighted by Gasteiger charge is 2.72. The van der Waals surface area contributed by atoms with E-state index in [2.05, 4.69) is 34.8 Å².